The highest BCUT2D eigenvalue weighted by molar-refractivity contribution is 6.32. The van der Waals surface area contributed by atoms with Gasteiger partial charge in [-0.15, -0.1) is 0 Å². The number of benzene rings is 1. The van der Waals surface area contributed by atoms with E-state index in [1.165, 1.54) is 0 Å². The highest BCUT2D eigenvalue weighted by Crippen LogP contribution is 2.37. The summed E-state index contributed by atoms with van der Waals surface area (Å²) in [5.74, 6) is 1.30. The zero-order valence-electron chi connectivity index (χ0n) is 18.9. The van der Waals surface area contributed by atoms with Crippen LogP contribution in [0.3, 0.4) is 0 Å². The molecule has 3 heterocycles. The van der Waals surface area contributed by atoms with Crippen LogP contribution in [0.25, 0.3) is 11.1 Å². The van der Waals surface area contributed by atoms with Crippen LogP contribution >= 0.6 is 11.6 Å². The average molecular weight is 451 g/mol. The number of aryl methyl sites for hydroxylation is 4. The lowest BCUT2D eigenvalue weighted by molar-refractivity contribution is -0.134. The van der Waals surface area contributed by atoms with Crippen LogP contribution in [0, 0.1) is 27.7 Å². The molecule has 0 spiro atoms. The van der Waals surface area contributed by atoms with Crippen molar-refractivity contribution in [3.8, 4) is 16.9 Å². The number of carbonyl (C=O) groups excluding carboxylic acids is 1. The number of nitrogens with zero attached hydrogens (tertiary/aromatic N) is 4. The summed E-state index contributed by atoms with van der Waals surface area (Å²) in [6.07, 6.45) is 7.25. The Kier molecular flexibility index (Phi) is 6.42. The fourth-order valence-electron chi connectivity index (χ4n) is 4.29. The third kappa shape index (κ3) is 4.46. The highest BCUT2D eigenvalue weighted by Gasteiger charge is 2.33. The lowest BCUT2D eigenvalue weighted by Crippen LogP contribution is -2.35. The van der Waals surface area contributed by atoms with Gasteiger partial charge >= 0.3 is 0 Å². The number of carbonyl (C=O) groups is 1. The summed E-state index contributed by atoms with van der Waals surface area (Å²) >= 11 is 6.25. The molecule has 166 valence electrons. The second kappa shape index (κ2) is 9.25. The first-order chi connectivity index (χ1) is 15.3. The number of aromatic nitrogens is 3. The minimum Gasteiger partial charge on any atom is -0.484 e. The molecule has 0 bridgehead atoms. The van der Waals surface area contributed by atoms with Crippen LogP contribution in [0.5, 0.6) is 5.75 Å². The van der Waals surface area contributed by atoms with Gasteiger partial charge in [0.1, 0.15) is 11.6 Å². The minimum absolute atomic E-state index is 0.0231. The first-order valence-corrected chi connectivity index (χ1v) is 11.2. The summed E-state index contributed by atoms with van der Waals surface area (Å²) in [5.41, 5.74) is 5.79. The van der Waals surface area contributed by atoms with Crippen LogP contribution in [0.4, 0.5) is 0 Å². The fourth-order valence-corrected chi connectivity index (χ4v) is 4.40. The number of ether oxygens (including phenoxy) is 1. The van der Waals surface area contributed by atoms with Gasteiger partial charge < -0.3 is 9.64 Å². The normalized spacial score (nSPS) is 15.8. The van der Waals surface area contributed by atoms with E-state index in [0.717, 1.165) is 51.4 Å². The van der Waals surface area contributed by atoms with E-state index in [2.05, 4.69) is 9.97 Å². The van der Waals surface area contributed by atoms with Crippen LogP contribution in [0.2, 0.25) is 5.02 Å². The Morgan fingerprint density at radius 1 is 1.12 bits per heavy atom. The van der Waals surface area contributed by atoms with Gasteiger partial charge in [0.15, 0.2) is 6.61 Å². The Bertz CT molecular complexity index is 1140. The molecule has 4 rings (SSSR count). The van der Waals surface area contributed by atoms with Crippen molar-refractivity contribution in [2.75, 3.05) is 13.2 Å². The maximum Gasteiger partial charge on any atom is 0.261 e. The Morgan fingerprint density at radius 2 is 1.88 bits per heavy atom. The zero-order valence-corrected chi connectivity index (χ0v) is 19.6. The lowest BCUT2D eigenvalue weighted by atomic mass is 9.97. The van der Waals surface area contributed by atoms with Gasteiger partial charge in [0.25, 0.3) is 5.91 Å². The molecule has 0 saturated carbocycles. The van der Waals surface area contributed by atoms with Crippen LogP contribution in [-0.2, 0) is 4.79 Å². The Labute approximate surface area is 193 Å². The predicted molar refractivity (Wildman–Crippen MR) is 125 cm³/mol. The summed E-state index contributed by atoms with van der Waals surface area (Å²) in [7, 11) is 0. The van der Waals surface area contributed by atoms with E-state index in [4.69, 9.17) is 21.3 Å². The van der Waals surface area contributed by atoms with Gasteiger partial charge in [0.2, 0.25) is 0 Å². The first-order valence-electron chi connectivity index (χ1n) is 10.8. The standard InChI is InChI=1S/C25H27ClN4O2/c1-15-10-19(11-16(2)24(15)26)32-14-23(31)30-9-5-6-22(30)25-21(13-28-18(4)29-25)20-7-8-27-12-17(20)3/h7-8,10-13,22H,5-6,9,14H2,1-4H3/t22-/m1/s1. The number of hydrogen-bond acceptors (Lipinski definition) is 5. The monoisotopic (exact) mass is 450 g/mol. The van der Waals surface area contributed by atoms with Crippen molar-refractivity contribution >= 4 is 17.5 Å². The summed E-state index contributed by atoms with van der Waals surface area (Å²) in [4.78, 5) is 28.4. The molecule has 0 unspecified atom stereocenters. The molecular weight excluding hydrogens is 424 g/mol. The van der Waals surface area contributed by atoms with Crippen molar-refractivity contribution in [2.24, 2.45) is 0 Å². The first kappa shape index (κ1) is 22.2. The van der Waals surface area contributed by atoms with E-state index >= 15 is 0 Å². The van der Waals surface area contributed by atoms with Crippen LogP contribution in [0.15, 0.2) is 36.8 Å². The van der Waals surface area contributed by atoms with Crippen molar-refractivity contribution in [3.05, 3.63) is 70.0 Å². The third-order valence-electron chi connectivity index (χ3n) is 5.91. The van der Waals surface area contributed by atoms with Crippen molar-refractivity contribution in [1.82, 2.24) is 19.9 Å². The molecule has 0 radical (unpaired) electrons. The van der Waals surface area contributed by atoms with E-state index in [9.17, 15) is 4.79 Å². The summed E-state index contributed by atoms with van der Waals surface area (Å²) in [5, 5.41) is 0.723. The number of amides is 1. The molecule has 0 aliphatic carbocycles. The van der Waals surface area contributed by atoms with Gasteiger partial charge in [-0.25, -0.2) is 9.97 Å². The Hall–Kier alpha value is -2.99. The molecule has 6 nitrogen and oxygen atoms in total. The molecule has 1 fully saturated rings. The molecule has 1 amide bonds. The fraction of sp³-hybridized carbons (Fsp3) is 0.360. The molecule has 1 saturated heterocycles. The molecule has 0 N–H and O–H groups in total. The predicted octanol–water partition coefficient (Wildman–Crippen LogP) is 5.17. The van der Waals surface area contributed by atoms with E-state index in [0.29, 0.717) is 18.1 Å². The molecule has 32 heavy (non-hydrogen) atoms. The second-order valence-corrected chi connectivity index (χ2v) is 8.69. The highest BCUT2D eigenvalue weighted by atomic mass is 35.5. The van der Waals surface area contributed by atoms with Crippen molar-refractivity contribution < 1.29 is 9.53 Å². The molecule has 1 atom stereocenters. The van der Waals surface area contributed by atoms with Crippen molar-refractivity contribution in [1.29, 1.82) is 0 Å². The number of halogens is 1. The van der Waals surface area contributed by atoms with Gasteiger partial charge in [-0.2, -0.15) is 0 Å². The quantitative estimate of drug-likeness (QED) is 0.536. The molecule has 2 aromatic heterocycles. The number of pyridine rings is 1. The Balaban J connectivity index is 1.58. The zero-order chi connectivity index (χ0) is 22.8. The summed E-state index contributed by atoms with van der Waals surface area (Å²) in [6.45, 7) is 8.42. The number of likely N-dealkylation sites (tertiary alicyclic amines) is 1. The summed E-state index contributed by atoms with van der Waals surface area (Å²) < 4.78 is 5.85. The maximum absolute atomic E-state index is 13.2. The van der Waals surface area contributed by atoms with Gasteiger partial charge in [-0.1, -0.05) is 11.6 Å². The molecule has 1 aromatic carbocycles. The van der Waals surface area contributed by atoms with Crippen LogP contribution in [-0.4, -0.2) is 38.9 Å². The topological polar surface area (TPSA) is 68.2 Å². The smallest absolute Gasteiger partial charge is 0.261 e. The molecule has 1 aliphatic heterocycles. The molecule has 7 heteroatoms. The SMILES string of the molecule is Cc1ncc(-c2ccncc2C)c([C@H]2CCCN2C(=O)COc2cc(C)c(Cl)c(C)c2)n1. The van der Waals surface area contributed by atoms with Gasteiger partial charge in [-0.3, -0.25) is 9.78 Å². The number of rotatable bonds is 5. The maximum atomic E-state index is 13.2. The third-order valence-corrected chi connectivity index (χ3v) is 6.51. The minimum atomic E-state index is -0.107. The van der Waals surface area contributed by atoms with E-state index in [1.54, 1.807) is 6.20 Å². The Morgan fingerprint density at radius 3 is 2.59 bits per heavy atom. The van der Waals surface area contributed by atoms with Crippen LogP contribution in [0.1, 0.15) is 47.1 Å². The van der Waals surface area contributed by atoms with Crippen LogP contribution < -0.4 is 4.74 Å². The van der Waals surface area contributed by atoms with Gasteiger partial charge in [-0.05, 0) is 81.0 Å². The number of hydrogen-bond donors (Lipinski definition) is 0. The van der Waals surface area contributed by atoms with Crippen molar-refractivity contribution in [3.63, 3.8) is 0 Å². The molecule has 1 aliphatic rings. The van der Waals surface area contributed by atoms with Crippen molar-refractivity contribution in [2.45, 2.75) is 46.6 Å². The second-order valence-electron chi connectivity index (χ2n) is 8.31. The lowest BCUT2D eigenvalue weighted by Gasteiger charge is -2.26. The average Bonchev–Trinajstić information content (AvgIpc) is 3.26. The molecule has 3 aromatic rings. The van der Waals surface area contributed by atoms with Gasteiger partial charge in [0.05, 0.1) is 11.7 Å². The summed E-state index contributed by atoms with van der Waals surface area (Å²) in [6, 6.07) is 5.59. The van der Waals surface area contributed by atoms with Gasteiger partial charge in [0, 0.05) is 35.7 Å². The van der Waals surface area contributed by atoms with E-state index in [1.807, 2.05) is 63.2 Å². The van der Waals surface area contributed by atoms with E-state index < -0.39 is 0 Å². The molecular formula is C25H27ClN4O2. The largest absolute Gasteiger partial charge is 0.484 e. The van der Waals surface area contributed by atoms with E-state index in [-0.39, 0.29) is 18.6 Å².